The van der Waals surface area contributed by atoms with Crippen LogP contribution in [0.1, 0.15) is 66.4 Å². The van der Waals surface area contributed by atoms with Gasteiger partial charge in [-0.15, -0.1) is 0 Å². The van der Waals surface area contributed by atoms with Crippen molar-refractivity contribution in [1.29, 1.82) is 0 Å². The first-order chi connectivity index (χ1) is 18.1. The van der Waals surface area contributed by atoms with Crippen molar-refractivity contribution in [3.63, 3.8) is 0 Å². The van der Waals surface area contributed by atoms with E-state index in [0.717, 1.165) is 25.1 Å². The molecule has 0 radical (unpaired) electrons. The minimum Gasteiger partial charge on any atom is -0.392 e. The SMILES string of the molecule is O=C(N[C@H]1CC[C@H](OP(=O)(O)O)CC1)c1cnc(N2CCC3(CC3)C2)nc1NCc1ccc(CO)c(Cl)c1. The molecule has 2 saturated carbocycles. The van der Waals surface area contributed by atoms with E-state index < -0.39 is 13.9 Å². The van der Waals surface area contributed by atoms with Gasteiger partial charge in [0.05, 0.1) is 12.7 Å². The molecule has 0 bridgehead atoms. The molecule has 1 aliphatic heterocycles. The molecule has 13 heteroatoms. The van der Waals surface area contributed by atoms with Crippen molar-refractivity contribution in [3.8, 4) is 0 Å². The van der Waals surface area contributed by atoms with Gasteiger partial charge < -0.3 is 30.4 Å². The largest absolute Gasteiger partial charge is 0.469 e. The van der Waals surface area contributed by atoms with Crippen LogP contribution in [0.2, 0.25) is 5.02 Å². The van der Waals surface area contributed by atoms with E-state index in [9.17, 15) is 14.5 Å². The number of hydrogen-bond acceptors (Lipinski definition) is 8. The lowest BCUT2D eigenvalue weighted by molar-refractivity contribution is 0.0820. The Balaban J connectivity index is 1.29. The van der Waals surface area contributed by atoms with Gasteiger partial charge in [0.15, 0.2) is 0 Å². The Bertz CT molecular complexity index is 1230. The summed E-state index contributed by atoms with van der Waals surface area (Å²) < 4.78 is 15.9. The van der Waals surface area contributed by atoms with E-state index in [1.54, 1.807) is 18.3 Å². The van der Waals surface area contributed by atoms with Crippen LogP contribution in [-0.2, 0) is 22.2 Å². The van der Waals surface area contributed by atoms with Gasteiger partial charge in [-0.2, -0.15) is 4.98 Å². The molecule has 38 heavy (non-hydrogen) atoms. The van der Waals surface area contributed by atoms with Crippen molar-refractivity contribution in [2.24, 2.45) is 5.41 Å². The molecule has 1 aromatic heterocycles. The van der Waals surface area contributed by atoms with E-state index in [-0.39, 0.29) is 18.6 Å². The van der Waals surface area contributed by atoms with Crippen molar-refractivity contribution in [2.45, 2.75) is 70.2 Å². The second-order valence-corrected chi connectivity index (χ2v) is 12.2. The number of hydrogen-bond donors (Lipinski definition) is 5. The smallest absolute Gasteiger partial charge is 0.392 e. The number of aliphatic hydroxyl groups excluding tert-OH is 1. The van der Waals surface area contributed by atoms with Crippen LogP contribution in [0.25, 0.3) is 0 Å². The summed E-state index contributed by atoms with van der Waals surface area (Å²) in [6.45, 7) is 2.05. The maximum atomic E-state index is 13.3. The zero-order valence-electron chi connectivity index (χ0n) is 21.0. The molecule has 1 saturated heterocycles. The van der Waals surface area contributed by atoms with Gasteiger partial charge in [0, 0.05) is 36.9 Å². The molecule has 5 rings (SSSR count). The number of rotatable bonds is 9. The third kappa shape index (κ3) is 6.65. The highest BCUT2D eigenvalue weighted by molar-refractivity contribution is 7.46. The Labute approximate surface area is 226 Å². The van der Waals surface area contributed by atoms with E-state index in [4.69, 9.17) is 30.9 Å². The van der Waals surface area contributed by atoms with Crippen LogP contribution in [0.15, 0.2) is 24.4 Å². The zero-order chi connectivity index (χ0) is 26.9. The molecule has 1 amide bonds. The second kappa shape index (κ2) is 11.1. The molecule has 5 N–H and O–H groups in total. The Morgan fingerprint density at radius 3 is 2.61 bits per heavy atom. The van der Waals surface area contributed by atoms with E-state index >= 15 is 0 Å². The number of phosphoric ester groups is 1. The number of benzene rings is 1. The van der Waals surface area contributed by atoms with Gasteiger partial charge in [-0.25, -0.2) is 9.55 Å². The maximum absolute atomic E-state index is 13.3. The monoisotopic (exact) mass is 565 g/mol. The number of phosphoric acid groups is 1. The molecule has 3 aliphatic rings. The van der Waals surface area contributed by atoms with Gasteiger partial charge in [0.1, 0.15) is 11.4 Å². The first-order valence-electron chi connectivity index (χ1n) is 12.9. The third-order valence-electron chi connectivity index (χ3n) is 7.74. The van der Waals surface area contributed by atoms with Crippen molar-refractivity contribution < 1.29 is 28.8 Å². The van der Waals surface area contributed by atoms with E-state index in [1.165, 1.54) is 12.8 Å². The number of nitrogens with one attached hydrogen (secondary N) is 2. The normalized spacial score (nSPS) is 22.5. The molecule has 2 aromatic rings. The maximum Gasteiger partial charge on any atom is 0.469 e. The van der Waals surface area contributed by atoms with Crippen molar-refractivity contribution in [1.82, 2.24) is 15.3 Å². The molecule has 0 unspecified atom stereocenters. The predicted molar refractivity (Wildman–Crippen MR) is 142 cm³/mol. The minimum atomic E-state index is -4.53. The highest BCUT2D eigenvalue weighted by Gasteiger charge is 2.48. The Kier molecular flexibility index (Phi) is 7.96. The average Bonchev–Trinajstić information content (AvgIpc) is 3.51. The molecule has 0 atom stereocenters. The van der Waals surface area contributed by atoms with Gasteiger partial charge in [-0.05, 0) is 67.6 Å². The molecule has 11 nitrogen and oxygen atoms in total. The molecular formula is C25H33ClN5O6P. The van der Waals surface area contributed by atoms with Crippen molar-refractivity contribution >= 4 is 37.1 Å². The highest BCUT2D eigenvalue weighted by Crippen LogP contribution is 2.53. The highest BCUT2D eigenvalue weighted by atomic mass is 35.5. The van der Waals surface area contributed by atoms with Gasteiger partial charge in [0.2, 0.25) is 5.95 Å². The van der Waals surface area contributed by atoms with Crippen LogP contribution in [0.5, 0.6) is 0 Å². The summed E-state index contributed by atoms with van der Waals surface area (Å²) in [4.78, 5) is 42.8. The predicted octanol–water partition coefficient (Wildman–Crippen LogP) is 3.38. The summed E-state index contributed by atoms with van der Waals surface area (Å²) in [6.07, 6.45) is 6.61. The van der Waals surface area contributed by atoms with Gasteiger partial charge in [-0.3, -0.25) is 9.32 Å². The fraction of sp³-hybridized carbons (Fsp3) is 0.560. The summed E-state index contributed by atoms with van der Waals surface area (Å²) in [5.74, 6) is 0.703. The second-order valence-electron chi connectivity index (χ2n) is 10.6. The number of anilines is 2. The number of aliphatic hydroxyl groups is 1. The quantitative estimate of drug-likeness (QED) is 0.285. The summed E-state index contributed by atoms with van der Waals surface area (Å²) in [6, 6.07) is 5.26. The zero-order valence-corrected chi connectivity index (χ0v) is 22.6. The fourth-order valence-electron chi connectivity index (χ4n) is 5.30. The number of halogens is 1. The number of carbonyl (C=O) groups is 1. The third-order valence-corrected chi connectivity index (χ3v) is 8.67. The Hall–Kier alpha value is -2.27. The van der Waals surface area contributed by atoms with E-state index in [1.807, 2.05) is 6.07 Å². The summed E-state index contributed by atoms with van der Waals surface area (Å²) in [5.41, 5.74) is 2.24. The first kappa shape index (κ1) is 27.3. The van der Waals surface area contributed by atoms with Crippen molar-refractivity contribution in [2.75, 3.05) is 23.3 Å². The lowest BCUT2D eigenvalue weighted by atomic mass is 9.93. The summed E-state index contributed by atoms with van der Waals surface area (Å²) in [7, 11) is -4.53. The van der Waals surface area contributed by atoms with E-state index in [0.29, 0.717) is 65.6 Å². The lowest BCUT2D eigenvalue weighted by Gasteiger charge is -2.29. The number of nitrogens with zero attached hydrogens (tertiary/aromatic N) is 3. The summed E-state index contributed by atoms with van der Waals surface area (Å²) >= 11 is 6.25. The molecule has 1 aromatic carbocycles. The van der Waals surface area contributed by atoms with E-state index in [2.05, 4.69) is 20.5 Å². The van der Waals surface area contributed by atoms with Crippen LogP contribution >= 0.6 is 19.4 Å². The van der Waals surface area contributed by atoms with Crippen LogP contribution in [0.3, 0.4) is 0 Å². The number of aromatic nitrogens is 2. The Morgan fingerprint density at radius 2 is 1.97 bits per heavy atom. The molecule has 1 spiro atoms. The van der Waals surface area contributed by atoms with Gasteiger partial charge in [0.25, 0.3) is 5.91 Å². The minimum absolute atomic E-state index is 0.142. The molecule has 3 fully saturated rings. The topological polar surface area (TPSA) is 157 Å². The van der Waals surface area contributed by atoms with Gasteiger partial charge >= 0.3 is 7.82 Å². The van der Waals surface area contributed by atoms with Gasteiger partial charge in [-0.1, -0.05) is 23.7 Å². The summed E-state index contributed by atoms with van der Waals surface area (Å²) in [5, 5.41) is 16.2. The van der Waals surface area contributed by atoms with Crippen LogP contribution < -0.4 is 15.5 Å². The van der Waals surface area contributed by atoms with Crippen molar-refractivity contribution in [3.05, 3.63) is 46.1 Å². The Morgan fingerprint density at radius 1 is 1.21 bits per heavy atom. The number of carbonyl (C=O) groups excluding carboxylic acids is 1. The first-order valence-corrected chi connectivity index (χ1v) is 14.8. The van der Waals surface area contributed by atoms with Crippen LogP contribution in [0.4, 0.5) is 11.8 Å². The molecular weight excluding hydrogens is 533 g/mol. The van der Waals surface area contributed by atoms with Crippen LogP contribution in [-0.4, -0.2) is 56.0 Å². The fourth-order valence-corrected chi connectivity index (χ4v) is 6.16. The molecule has 2 heterocycles. The lowest BCUT2D eigenvalue weighted by Crippen LogP contribution is -2.39. The molecule has 206 valence electrons. The molecule has 2 aliphatic carbocycles. The van der Waals surface area contributed by atoms with Crippen LogP contribution in [0, 0.1) is 5.41 Å². The average molecular weight is 566 g/mol. The standard InChI is InChI=1S/C25H33ClN5O6P/c26-21-11-16(1-2-17(21)14-32)12-27-22-20(13-28-24(30-22)31-10-9-25(15-31)7-8-25)23(33)29-18-3-5-19(6-4-18)37-38(34,35)36/h1-2,11,13,18-19,32H,3-10,12,14-15H2,(H,29,33)(H,27,28,30)(H2,34,35,36)/t18-,19-. The number of amides is 1.